The minimum atomic E-state index is -3.15. The third-order valence-corrected chi connectivity index (χ3v) is 4.06. The molecule has 2 heterocycles. The Morgan fingerprint density at radius 3 is 2.65 bits per heavy atom. The van der Waals surface area contributed by atoms with Gasteiger partial charge < -0.3 is 5.32 Å². The number of aromatic nitrogens is 2. The lowest BCUT2D eigenvalue weighted by Gasteiger charge is -2.23. The Morgan fingerprint density at radius 1 is 1.47 bits per heavy atom. The second kappa shape index (κ2) is 3.87. The maximum Gasteiger partial charge on any atom is 0.172 e. The fourth-order valence-corrected chi connectivity index (χ4v) is 2.66. The van der Waals surface area contributed by atoms with E-state index in [1.807, 2.05) is 6.92 Å². The fraction of sp³-hybridized carbons (Fsp3) is 0.545. The SMILES string of the molecule is CC1=CC(S(C)(=O)=O)Nc2c(C(C)C)cnn21. The third kappa shape index (κ3) is 2.09. The molecule has 17 heavy (non-hydrogen) atoms. The highest BCUT2D eigenvalue weighted by Crippen LogP contribution is 2.30. The first-order valence-corrected chi connectivity index (χ1v) is 7.48. The largest absolute Gasteiger partial charge is 0.350 e. The normalized spacial score (nSPS) is 19.8. The second-order valence-electron chi connectivity index (χ2n) is 4.72. The minimum absolute atomic E-state index is 0.303. The predicted octanol–water partition coefficient (Wildman–Crippen LogP) is 1.66. The quantitative estimate of drug-likeness (QED) is 0.873. The minimum Gasteiger partial charge on any atom is -0.350 e. The highest BCUT2D eigenvalue weighted by Gasteiger charge is 2.27. The van der Waals surface area contributed by atoms with Crippen LogP contribution in [0.2, 0.25) is 0 Å². The van der Waals surface area contributed by atoms with E-state index in [1.165, 1.54) is 6.26 Å². The maximum absolute atomic E-state index is 11.6. The molecule has 0 saturated carbocycles. The molecule has 0 aliphatic carbocycles. The van der Waals surface area contributed by atoms with Gasteiger partial charge in [0.25, 0.3) is 0 Å². The summed E-state index contributed by atoms with van der Waals surface area (Å²) in [4.78, 5) is 0. The first-order chi connectivity index (χ1) is 7.80. The number of hydrogen-bond acceptors (Lipinski definition) is 4. The molecule has 5 nitrogen and oxygen atoms in total. The average Bonchev–Trinajstić information content (AvgIpc) is 2.60. The van der Waals surface area contributed by atoms with Gasteiger partial charge in [0.15, 0.2) is 15.2 Å². The second-order valence-corrected chi connectivity index (χ2v) is 6.88. The highest BCUT2D eigenvalue weighted by molar-refractivity contribution is 7.91. The van der Waals surface area contributed by atoms with Crippen LogP contribution in [0, 0.1) is 0 Å². The summed E-state index contributed by atoms with van der Waals surface area (Å²) in [6.45, 7) is 5.98. The van der Waals surface area contributed by atoms with Crippen molar-refractivity contribution in [2.45, 2.75) is 32.1 Å². The van der Waals surface area contributed by atoms with E-state index in [0.29, 0.717) is 5.92 Å². The van der Waals surface area contributed by atoms with Crippen molar-refractivity contribution in [2.75, 3.05) is 11.6 Å². The maximum atomic E-state index is 11.6. The van der Waals surface area contributed by atoms with Crippen molar-refractivity contribution in [3.05, 3.63) is 17.8 Å². The van der Waals surface area contributed by atoms with E-state index in [9.17, 15) is 8.42 Å². The lowest BCUT2D eigenvalue weighted by atomic mass is 10.1. The van der Waals surface area contributed by atoms with Crippen LogP contribution >= 0.6 is 0 Å². The molecule has 0 saturated heterocycles. The van der Waals surface area contributed by atoms with Gasteiger partial charge in [0.2, 0.25) is 0 Å². The zero-order valence-corrected chi connectivity index (χ0v) is 11.2. The molecule has 1 unspecified atom stereocenters. The van der Waals surface area contributed by atoms with Gasteiger partial charge in [0.05, 0.1) is 6.20 Å². The van der Waals surface area contributed by atoms with E-state index in [0.717, 1.165) is 17.1 Å². The summed E-state index contributed by atoms with van der Waals surface area (Å²) in [7, 11) is -3.15. The summed E-state index contributed by atoms with van der Waals surface area (Å²) in [6.07, 6.45) is 4.70. The van der Waals surface area contributed by atoms with Crippen molar-refractivity contribution in [3.63, 3.8) is 0 Å². The van der Waals surface area contributed by atoms with Gasteiger partial charge in [0, 0.05) is 17.5 Å². The Kier molecular flexibility index (Phi) is 2.77. The van der Waals surface area contributed by atoms with Crippen LogP contribution in [0.25, 0.3) is 5.70 Å². The summed E-state index contributed by atoms with van der Waals surface area (Å²) in [5, 5.41) is 6.64. The molecule has 0 bridgehead atoms. The predicted molar refractivity (Wildman–Crippen MR) is 68.5 cm³/mol. The molecule has 1 aliphatic heterocycles. The molecule has 94 valence electrons. The Hall–Kier alpha value is -1.30. The number of rotatable bonds is 2. The summed E-state index contributed by atoms with van der Waals surface area (Å²) < 4.78 is 25.0. The third-order valence-electron chi connectivity index (χ3n) is 2.89. The van der Waals surface area contributed by atoms with Gasteiger partial charge in [-0.3, -0.25) is 0 Å². The van der Waals surface area contributed by atoms with Gasteiger partial charge in [-0.1, -0.05) is 13.8 Å². The highest BCUT2D eigenvalue weighted by atomic mass is 32.2. The number of hydrogen-bond donors (Lipinski definition) is 1. The van der Waals surface area contributed by atoms with Crippen molar-refractivity contribution in [3.8, 4) is 0 Å². The van der Waals surface area contributed by atoms with Gasteiger partial charge in [-0.15, -0.1) is 0 Å². The Labute approximate surface area is 101 Å². The van der Waals surface area contributed by atoms with Crippen LogP contribution in [0.5, 0.6) is 0 Å². The van der Waals surface area contributed by atoms with E-state index in [4.69, 9.17) is 0 Å². The molecule has 1 aliphatic rings. The fourth-order valence-electron chi connectivity index (χ4n) is 1.89. The number of nitrogens with one attached hydrogen (secondary N) is 1. The van der Waals surface area contributed by atoms with Crippen LogP contribution in [0.1, 0.15) is 32.3 Å². The number of fused-ring (bicyclic) bond motifs is 1. The van der Waals surface area contributed by atoms with E-state index in [1.54, 1.807) is 17.0 Å². The van der Waals surface area contributed by atoms with Crippen LogP contribution in [0.3, 0.4) is 0 Å². The molecule has 0 radical (unpaired) electrons. The van der Waals surface area contributed by atoms with E-state index in [-0.39, 0.29) is 0 Å². The molecule has 1 aromatic rings. The monoisotopic (exact) mass is 255 g/mol. The number of sulfone groups is 1. The topological polar surface area (TPSA) is 64.0 Å². The molecule has 0 aromatic carbocycles. The molecule has 0 fully saturated rings. The molecular formula is C11H17N3O2S. The Bertz CT molecular complexity index is 570. The van der Waals surface area contributed by atoms with Crippen LogP contribution in [-0.2, 0) is 9.84 Å². The van der Waals surface area contributed by atoms with Gasteiger partial charge in [-0.2, -0.15) is 5.10 Å². The number of allylic oxidation sites excluding steroid dienone is 1. The molecule has 6 heteroatoms. The van der Waals surface area contributed by atoms with Crippen LogP contribution in [-0.4, -0.2) is 29.8 Å². The summed E-state index contributed by atoms with van der Waals surface area (Å²) in [5.74, 6) is 1.09. The van der Waals surface area contributed by atoms with Crippen LogP contribution in [0.15, 0.2) is 12.3 Å². The lowest BCUT2D eigenvalue weighted by Crippen LogP contribution is -2.31. The Balaban J connectivity index is 2.51. The number of nitrogens with zero attached hydrogens (tertiary/aromatic N) is 2. The molecule has 2 rings (SSSR count). The van der Waals surface area contributed by atoms with Gasteiger partial charge in [-0.25, -0.2) is 13.1 Å². The zero-order chi connectivity index (χ0) is 12.8. The lowest BCUT2D eigenvalue weighted by molar-refractivity contribution is 0.596. The van der Waals surface area contributed by atoms with E-state index in [2.05, 4.69) is 24.3 Å². The molecule has 1 atom stereocenters. The van der Waals surface area contributed by atoms with Gasteiger partial charge in [-0.05, 0) is 18.9 Å². The molecular weight excluding hydrogens is 238 g/mol. The summed E-state index contributed by atoms with van der Waals surface area (Å²) in [6, 6.07) is 0. The average molecular weight is 255 g/mol. The van der Waals surface area contributed by atoms with Gasteiger partial charge >= 0.3 is 0 Å². The van der Waals surface area contributed by atoms with E-state index < -0.39 is 15.2 Å². The molecule has 1 aromatic heterocycles. The zero-order valence-electron chi connectivity index (χ0n) is 10.4. The van der Waals surface area contributed by atoms with Crippen LogP contribution in [0.4, 0.5) is 5.82 Å². The first-order valence-electron chi connectivity index (χ1n) is 5.53. The summed E-state index contributed by atoms with van der Waals surface area (Å²) in [5.41, 5.74) is 1.87. The Morgan fingerprint density at radius 2 is 2.12 bits per heavy atom. The van der Waals surface area contributed by atoms with Crippen molar-refractivity contribution in [1.82, 2.24) is 9.78 Å². The van der Waals surface area contributed by atoms with Crippen molar-refractivity contribution >= 4 is 21.4 Å². The van der Waals surface area contributed by atoms with E-state index >= 15 is 0 Å². The van der Waals surface area contributed by atoms with Crippen LogP contribution < -0.4 is 5.32 Å². The van der Waals surface area contributed by atoms with Gasteiger partial charge in [0.1, 0.15) is 5.82 Å². The first kappa shape index (κ1) is 12.2. The van der Waals surface area contributed by atoms with Crippen molar-refractivity contribution in [1.29, 1.82) is 0 Å². The smallest absolute Gasteiger partial charge is 0.172 e. The molecule has 0 amide bonds. The standard InChI is InChI=1S/C11H17N3O2S/c1-7(2)9-6-12-14-8(3)5-10(13-11(9)14)17(4,15)16/h5-7,10,13H,1-4H3. The molecule has 1 N–H and O–H groups in total. The summed E-state index contributed by atoms with van der Waals surface area (Å²) >= 11 is 0. The van der Waals surface area contributed by atoms with Crippen molar-refractivity contribution in [2.24, 2.45) is 0 Å². The van der Waals surface area contributed by atoms with Crippen molar-refractivity contribution < 1.29 is 8.42 Å². The number of anilines is 1. The molecule has 0 spiro atoms.